The summed E-state index contributed by atoms with van der Waals surface area (Å²) in [6.07, 6.45) is 0. The first kappa shape index (κ1) is 14.3. The quantitative estimate of drug-likeness (QED) is 0.656. The third-order valence-electron chi connectivity index (χ3n) is 2.66. The number of benzene rings is 1. The molecule has 0 aliphatic heterocycles. The number of primary sulfonamides is 1. The van der Waals surface area contributed by atoms with Crippen molar-refractivity contribution < 1.29 is 13.2 Å². The van der Waals surface area contributed by atoms with E-state index in [2.05, 4.69) is 4.98 Å². The monoisotopic (exact) mass is 301 g/mol. The number of nitrogens with two attached hydrogens (primary N) is 1. The summed E-state index contributed by atoms with van der Waals surface area (Å²) in [6.45, 7) is 0.635. The SMILES string of the molecule is COCCSc1nc2cc(S(N)(=O)=O)ccc2n1C. The van der Waals surface area contributed by atoms with E-state index in [9.17, 15) is 8.42 Å². The zero-order valence-corrected chi connectivity index (χ0v) is 12.3. The number of fused-ring (bicyclic) bond motifs is 1. The molecule has 0 aliphatic carbocycles. The van der Waals surface area contributed by atoms with Crippen LogP contribution in [0.1, 0.15) is 0 Å². The minimum Gasteiger partial charge on any atom is -0.384 e. The van der Waals surface area contributed by atoms with Gasteiger partial charge in [0.15, 0.2) is 5.16 Å². The Kier molecular flexibility index (Phi) is 4.14. The van der Waals surface area contributed by atoms with E-state index in [4.69, 9.17) is 9.88 Å². The Morgan fingerprint density at radius 1 is 1.47 bits per heavy atom. The molecular weight excluding hydrogens is 286 g/mol. The fourth-order valence-electron chi connectivity index (χ4n) is 1.68. The molecule has 1 heterocycles. The first-order valence-electron chi connectivity index (χ1n) is 5.54. The predicted molar refractivity (Wildman–Crippen MR) is 74.7 cm³/mol. The Morgan fingerprint density at radius 3 is 2.84 bits per heavy atom. The molecule has 1 aromatic carbocycles. The van der Waals surface area contributed by atoms with E-state index in [0.29, 0.717) is 12.1 Å². The minimum absolute atomic E-state index is 0.0755. The lowest BCUT2D eigenvalue weighted by Crippen LogP contribution is -2.11. The van der Waals surface area contributed by atoms with E-state index in [1.54, 1.807) is 24.9 Å². The molecule has 0 saturated heterocycles. The van der Waals surface area contributed by atoms with Crippen LogP contribution in [0.15, 0.2) is 28.3 Å². The summed E-state index contributed by atoms with van der Waals surface area (Å²) in [5.74, 6) is 0.787. The number of hydrogen-bond donors (Lipinski definition) is 1. The van der Waals surface area contributed by atoms with Crippen molar-refractivity contribution in [1.29, 1.82) is 0 Å². The molecule has 6 nitrogen and oxygen atoms in total. The van der Waals surface area contributed by atoms with Crippen LogP contribution >= 0.6 is 11.8 Å². The van der Waals surface area contributed by atoms with E-state index < -0.39 is 10.0 Å². The summed E-state index contributed by atoms with van der Waals surface area (Å²) < 4.78 is 29.5. The van der Waals surface area contributed by atoms with Gasteiger partial charge in [0, 0.05) is 19.9 Å². The first-order chi connectivity index (χ1) is 8.93. The molecule has 0 fully saturated rings. The zero-order valence-electron chi connectivity index (χ0n) is 10.7. The van der Waals surface area contributed by atoms with E-state index in [-0.39, 0.29) is 4.90 Å². The number of rotatable bonds is 5. The molecule has 19 heavy (non-hydrogen) atoms. The first-order valence-corrected chi connectivity index (χ1v) is 8.07. The van der Waals surface area contributed by atoms with Gasteiger partial charge in [-0.3, -0.25) is 0 Å². The highest BCUT2D eigenvalue weighted by Gasteiger charge is 2.13. The second-order valence-electron chi connectivity index (χ2n) is 3.99. The van der Waals surface area contributed by atoms with Crippen LogP contribution in [0.2, 0.25) is 0 Å². The number of ether oxygens (including phenoxy) is 1. The van der Waals surface area contributed by atoms with Crippen LogP contribution in [-0.4, -0.2) is 37.4 Å². The van der Waals surface area contributed by atoms with Crippen molar-refractivity contribution in [3.05, 3.63) is 18.2 Å². The van der Waals surface area contributed by atoms with Crippen LogP contribution in [0.25, 0.3) is 11.0 Å². The van der Waals surface area contributed by atoms with Crippen LogP contribution in [0.3, 0.4) is 0 Å². The third-order valence-corrected chi connectivity index (χ3v) is 4.56. The van der Waals surface area contributed by atoms with E-state index in [1.165, 1.54) is 12.1 Å². The van der Waals surface area contributed by atoms with Gasteiger partial charge in [-0.05, 0) is 18.2 Å². The highest BCUT2D eigenvalue weighted by Crippen LogP contribution is 2.24. The third kappa shape index (κ3) is 3.08. The second kappa shape index (κ2) is 5.49. The molecule has 0 atom stereocenters. The van der Waals surface area contributed by atoms with Gasteiger partial charge in [-0.2, -0.15) is 0 Å². The van der Waals surface area contributed by atoms with Gasteiger partial charge in [0.1, 0.15) is 0 Å². The summed E-state index contributed by atoms with van der Waals surface area (Å²) in [5, 5.41) is 5.92. The van der Waals surface area contributed by atoms with Crippen molar-refractivity contribution in [2.24, 2.45) is 12.2 Å². The Balaban J connectivity index is 2.40. The number of sulfonamides is 1. The van der Waals surface area contributed by atoms with Crippen LogP contribution in [-0.2, 0) is 21.8 Å². The normalized spacial score (nSPS) is 12.2. The molecule has 0 saturated carbocycles. The van der Waals surface area contributed by atoms with Crippen LogP contribution in [0.4, 0.5) is 0 Å². The lowest BCUT2D eigenvalue weighted by Gasteiger charge is -2.01. The summed E-state index contributed by atoms with van der Waals surface area (Å²) in [7, 11) is -0.158. The Labute approximate surface area is 116 Å². The highest BCUT2D eigenvalue weighted by molar-refractivity contribution is 7.99. The standard InChI is InChI=1S/C11H15N3O3S2/c1-14-10-4-3-8(19(12,15)16)7-9(10)13-11(14)18-6-5-17-2/h3-4,7H,5-6H2,1-2H3,(H2,12,15,16). The van der Waals surface area contributed by atoms with Crippen molar-refractivity contribution in [3.8, 4) is 0 Å². The predicted octanol–water partition coefficient (Wildman–Crippen LogP) is 0.959. The number of methoxy groups -OCH3 is 1. The number of imidazole rings is 1. The molecule has 8 heteroatoms. The van der Waals surface area contributed by atoms with Gasteiger partial charge in [-0.15, -0.1) is 0 Å². The molecule has 1 aromatic heterocycles. The van der Waals surface area contributed by atoms with Gasteiger partial charge >= 0.3 is 0 Å². The molecule has 2 rings (SSSR count). The van der Waals surface area contributed by atoms with Crippen molar-refractivity contribution in [2.75, 3.05) is 19.5 Å². The van der Waals surface area contributed by atoms with Crippen molar-refractivity contribution >= 4 is 32.8 Å². The van der Waals surface area contributed by atoms with Gasteiger partial charge in [0.05, 0.1) is 22.5 Å². The lowest BCUT2D eigenvalue weighted by atomic mass is 10.3. The van der Waals surface area contributed by atoms with Crippen LogP contribution in [0.5, 0.6) is 0 Å². The Hall–Kier alpha value is -1.09. The van der Waals surface area contributed by atoms with Crippen molar-refractivity contribution in [2.45, 2.75) is 10.1 Å². The van der Waals surface area contributed by atoms with Crippen LogP contribution < -0.4 is 5.14 Å². The Morgan fingerprint density at radius 2 is 2.21 bits per heavy atom. The largest absolute Gasteiger partial charge is 0.384 e. The summed E-state index contributed by atoms with van der Waals surface area (Å²) in [6, 6.07) is 4.69. The van der Waals surface area contributed by atoms with Gasteiger partial charge in [0.2, 0.25) is 10.0 Å². The molecular formula is C11H15N3O3S2. The number of thioether (sulfide) groups is 1. The molecule has 0 spiro atoms. The maximum Gasteiger partial charge on any atom is 0.238 e. The molecule has 0 unspecified atom stereocenters. The second-order valence-corrected chi connectivity index (χ2v) is 6.61. The van der Waals surface area contributed by atoms with Gasteiger partial charge in [0.25, 0.3) is 0 Å². The summed E-state index contributed by atoms with van der Waals surface area (Å²) >= 11 is 1.56. The minimum atomic E-state index is -3.69. The average molecular weight is 301 g/mol. The molecule has 2 N–H and O–H groups in total. The zero-order chi connectivity index (χ0) is 14.0. The number of nitrogens with zero attached hydrogens (tertiary/aromatic N) is 2. The van der Waals surface area contributed by atoms with E-state index in [0.717, 1.165) is 16.4 Å². The van der Waals surface area contributed by atoms with Crippen LogP contribution in [0, 0.1) is 0 Å². The Bertz CT molecular complexity index is 695. The van der Waals surface area contributed by atoms with Crippen molar-refractivity contribution in [3.63, 3.8) is 0 Å². The fraction of sp³-hybridized carbons (Fsp3) is 0.364. The maximum atomic E-state index is 11.3. The molecule has 2 aromatic rings. The maximum absolute atomic E-state index is 11.3. The van der Waals surface area contributed by atoms with Gasteiger partial charge < -0.3 is 9.30 Å². The highest BCUT2D eigenvalue weighted by atomic mass is 32.2. The fourth-order valence-corrected chi connectivity index (χ4v) is 3.10. The topological polar surface area (TPSA) is 87.2 Å². The molecule has 0 bridgehead atoms. The molecule has 104 valence electrons. The smallest absolute Gasteiger partial charge is 0.238 e. The summed E-state index contributed by atoms with van der Waals surface area (Å²) in [5.41, 5.74) is 1.49. The molecule has 0 amide bonds. The van der Waals surface area contributed by atoms with Crippen molar-refractivity contribution in [1.82, 2.24) is 9.55 Å². The molecule has 0 radical (unpaired) electrons. The van der Waals surface area contributed by atoms with Gasteiger partial charge in [-0.1, -0.05) is 11.8 Å². The lowest BCUT2D eigenvalue weighted by molar-refractivity contribution is 0.218. The van der Waals surface area contributed by atoms with E-state index >= 15 is 0 Å². The van der Waals surface area contributed by atoms with Gasteiger partial charge in [-0.25, -0.2) is 18.5 Å². The molecule has 0 aliphatic rings. The average Bonchev–Trinajstić information content (AvgIpc) is 2.65. The number of hydrogen-bond acceptors (Lipinski definition) is 5. The number of aromatic nitrogens is 2. The van der Waals surface area contributed by atoms with E-state index in [1.807, 2.05) is 11.6 Å². The number of aryl methyl sites for hydroxylation is 1. The summed E-state index contributed by atoms with van der Waals surface area (Å²) in [4.78, 5) is 4.48.